The van der Waals surface area contributed by atoms with E-state index in [1.54, 1.807) is 31.5 Å². The van der Waals surface area contributed by atoms with Gasteiger partial charge in [-0.1, -0.05) is 30.3 Å². The minimum absolute atomic E-state index is 0.174. The van der Waals surface area contributed by atoms with Gasteiger partial charge < -0.3 is 19.4 Å². The number of fused-ring (bicyclic) bond motifs is 1. The number of carbonyl (C=O) groups is 1. The van der Waals surface area contributed by atoms with Crippen LogP contribution in [-0.2, 0) is 13.0 Å². The lowest BCUT2D eigenvalue weighted by Crippen LogP contribution is -2.27. The van der Waals surface area contributed by atoms with Crippen LogP contribution in [0.1, 0.15) is 29.2 Å². The highest BCUT2D eigenvalue weighted by atomic mass is 16.5. The second-order valence-electron chi connectivity index (χ2n) is 7.60. The van der Waals surface area contributed by atoms with Gasteiger partial charge in [-0.25, -0.2) is 4.98 Å². The highest BCUT2D eigenvalue weighted by Gasteiger charge is 2.12. The molecule has 0 aliphatic rings. The number of amides is 1. The van der Waals surface area contributed by atoms with E-state index in [1.165, 1.54) is 0 Å². The van der Waals surface area contributed by atoms with Crippen LogP contribution < -0.4 is 14.8 Å². The van der Waals surface area contributed by atoms with E-state index in [1.807, 2.05) is 42.5 Å². The number of hydrogen-bond donors (Lipinski definition) is 1. The van der Waals surface area contributed by atoms with E-state index in [0.717, 1.165) is 47.7 Å². The molecule has 0 aliphatic heterocycles. The molecule has 0 bridgehead atoms. The summed E-state index contributed by atoms with van der Waals surface area (Å²) in [5.41, 5.74) is 2.49. The molecular weight excluding hydrogens is 416 g/mol. The molecule has 2 aromatic carbocycles. The van der Waals surface area contributed by atoms with Crippen molar-refractivity contribution in [2.24, 2.45) is 0 Å². The van der Waals surface area contributed by atoms with Crippen molar-refractivity contribution in [3.05, 3.63) is 84.4 Å². The molecule has 1 amide bonds. The zero-order chi connectivity index (χ0) is 22.9. The molecule has 1 N–H and O–H groups in total. The fourth-order valence-corrected chi connectivity index (χ4v) is 3.73. The number of nitrogens with one attached hydrogen (secondary N) is 1. The van der Waals surface area contributed by atoms with Crippen LogP contribution in [-0.4, -0.2) is 40.7 Å². The van der Waals surface area contributed by atoms with Crippen LogP contribution in [0.2, 0.25) is 0 Å². The number of methoxy groups -OCH3 is 1. The molecule has 2 aromatic heterocycles. The number of benzene rings is 2. The van der Waals surface area contributed by atoms with Crippen molar-refractivity contribution in [2.45, 2.75) is 25.8 Å². The van der Waals surface area contributed by atoms with E-state index in [0.29, 0.717) is 25.3 Å². The van der Waals surface area contributed by atoms with Crippen molar-refractivity contribution < 1.29 is 14.3 Å². The minimum atomic E-state index is -0.174. The lowest BCUT2D eigenvalue weighted by molar-refractivity contribution is 0.0949. The number of imidazole rings is 1. The molecule has 0 spiro atoms. The summed E-state index contributed by atoms with van der Waals surface area (Å²) < 4.78 is 13.5. The van der Waals surface area contributed by atoms with E-state index < -0.39 is 0 Å². The second kappa shape index (κ2) is 11.1. The molecule has 170 valence electrons. The Labute approximate surface area is 193 Å². The molecule has 33 heavy (non-hydrogen) atoms. The summed E-state index contributed by atoms with van der Waals surface area (Å²) in [5.74, 6) is 2.29. The highest BCUT2D eigenvalue weighted by Crippen LogP contribution is 2.26. The van der Waals surface area contributed by atoms with Crippen molar-refractivity contribution in [3.8, 4) is 11.5 Å². The van der Waals surface area contributed by atoms with Gasteiger partial charge in [0.25, 0.3) is 5.91 Å². The molecule has 2 heterocycles. The van der Waals surface area contributed by atoms with Gasteiger partial charge in [0.05, 0.1) is 24.8 Å². The van der Waals surface area contributed by atoms with Crippen LogP contribution in [0.25, 0.3) is 11.0 Å². The molecule has 0 radical (unpaired) electrons. The first-order valence-corrected chi connectivity index (χ1v) is 11.2. The van der Waals surface area contributed by atoms with Crippen LogP contribution in [0.15, 0.2) is 72.9 Å². The first-order valence-electron chi connectivity index (χ1n) is 11.2. The number of carbonyl (C=O) groups excluding carboxylic acids is 1. The summed E-state index contributed by atoms with van der Waals surface area (Å²) in [7, 11) is 1.65. The van der Waals surface area contributed by atoms with E-state index in [4.69, 9.17) is 14.5 Å². The van der Waals surface area contributed by atoms with Gasteiger partial charge in [0, 0.05) is 25.7 Å². The fourth-order valence-electron chi connectivity index (χ4n) is 3.73. The summed E-state index contributed by atoms with van der Waals surface area (Å²) >= 11 is 0. The molecular formula is C26H28N4O3. The molecule has 0 saturated heterocycles. The quantitative estimate of drug-likeness (QED) is 0.350. The summed E-state index contributed by atoms with van der Waals surface area (Å²) in [6.45, 7) is 1.94. The van der Waals surface area contributed by atoms with Crippen LogP contribution >= 0.6 is 0 Å². The maximum Gasteiger partial charge on any atom is 0.269 e. The number of aromatic nitrogens is 3. The summed E-state index contributed by atoms with van der Waals surface area (Å²) in [5, 5.41) is 2.94. The maximum absolute atomic E-state index is 12.3. The number of rotatable bonds is 11. The Morgan fingerprint density at radius 1 is 0.970 bits per heavy atom. The molecule has 0 unspecified atom stereocenters. The Balaban J connectivity index is 1.33. The third-order valence-corrected chi connectivity index (χ3v) is 5.37. The standard InChI is InChI=1S/C26H28N4O3/c1-32-23-13-4-5-14-24(23)33-19-9-8-18-30-22-12-3-2-10-20(22)29-25(30)15-17-28-26(31)21-11-6-7-16-27-21/h2-7,10-14,16H,8-9,15,17-19H2,1H3,(H,28,31). The second-order valence-corrected chi connectivity index (χ2v) is 7.60. The topological polar surface area (TPSA) is 78.3 Å². The summed E-state index contributed by atoms with van der Waals surface area (Å²) in [4.78, 5) is 21.2. The van der Waals surface area contributed by atoms with Gasteiger partial charge in [-0.05, 0) is 49.2 Å². The highest BCUT2D eigenvalue weighted by molar-refractivity contribution is 5.92. The number of nitrogens with zero attached hydrogens (tertiary/aromatic N) is 3. The number of aryl methyl sites for hydroxylation is 1. The molecule has 0 fully saturated rings. The number of para-hydroxylation sites is 4. The molecule has 4 aromatic rings. The van der Waals surface area contributed by atoms with Gasteiger partial charge in [0.1, 0.15) is 11.5 Å². The van der Waals surface area contributed by atoms with Crippen molar-refractivity contribution in [3.63, 3.8) is 0 Å². The Bertz CT molecular complexity index is 1190. The number of hydrogen-bond acceptors (Lipinski definition) is 5. The third kappa shape index (κ3) is 5.68. The van der Waals surface area contributed by atoms with Crippen LogP contribution in [0.3, 0.4) is 0 Å². The predicted octanol–water partition coefficient (Wildman–Crippen LogP) is 4.27. The first-order chi connectivity index (χ1) is 16.3. The minimum Gasteiger partial charge on any atom is -0.493 e. The average Bonchev–Trinajstić information content (AvgIpc) is 3.22. The Morgan fingerprint density at radius 3 is 2.58 bits per heavy atom. The van der Waals surface area contributed by atoms with Crippen LogP contribution in [0, 0.1) is 0 Å². The van der Waals surface area contributed by atoms with Crippen molar-refractivity contribution in [2.75, 3.05) is 20.3 Å². The van der Waals surface area contributed by atoms with Gasteiger partial charge in [-0.3, -0.25) is 9.78 Å². The van der Waals surface area contributed by atoms with Gasteiger partial charge in [-0.2, -0.15) is 0 Å². The lowest BCUT2D eigenvalue weighted by atomic mass is 10.2. The maximum atomic E-state index is 12.3. The lowest BCUT2D eigenvalue weighted by Gasteiger charge is -2.12. The summed E-state index contributed by atoms with van der Waals surface area (Å²) in [6.07, 6.45) is 4.11. The van der Waals surface area contributed by atoms with Gasteiger partial charge in [-0.15, -0.1) is 0 Å². The number of pyridine rings is 1. The van der Waals surface area contributed by atoms with E-state index in [9.17, 15) is 4.79 Å². The van der Waals surface area contributed by atoms with Gasteiger partial charge in [0.2, 0.25) is 0 Å². The van der Waals surface area contributed by atoms with Gasteiger partial charge in [0.15, 0.2) is 11.5 Å². The largest absolute Gasteiger partial charge is 0.493 e. The predicted molar refractivity (Wildman–Crippen MR) is 128 cm³/mol. The first kappa shape index (κ1) is 22.3. The SMILES string of the molecule is COc1ccccc1OCCCCn1c(CCNC(=O)c2ccccn2)nc2ccccc21. The Morgan fingerprint density at radius 2 is 1.76 bits per heavy atom. The molecule has 0 atom stereocenters. The van der Waals surface area contributed by atoms with E-state index in [2.05, 4.69) is 20.9 Å². The van der Waals surface area contributed by atoms with Crippen molar-refractivity contribution in [1.82, 2.24) is 19.9 Å². The fraction of sp³-hybridized carbons (Fsp3) is 0.269. The molecule has 7 heteroatoms. The number of ether oxygens (including phenoxy) is 2. The summed E-state index contributed by atoms with van der Waals surface area (Å²) in [6, 6.07) is 21.1. The van der Waals surface area contributed by atoms with Crippen molar-refractivity contribution in [1.29, 1.82) is 0 Å². The molecule has 0 saturated carbocycles. The van der Waals surface area contributed by atoms with E-state index in [-0.39, 0.29) is 5.91 Å². The zero-order valence-electron chi connectivity index (χ0n) is 18.7. The zero-order valence-corrected chi connectivity index (χ0v) is 18.7. The molecule has 0 aliphatic carbocycles. The van der Waals surface area contributed by atoms with Crippen LogP contribution in [0.4, 0.5) is 0 Å². The van der Waals surface area contributed by atoms with Crippen LogP contribution in [0.5, 0.6) is 11.5 Å². The Kier molecular flexibility index (Phi) is 7.53. The average molecular weight is 445 g/mol. The number of unbranched alkanes of at least 4 members (excludes halogenated alkanes) is 1. The Hall–Kier alpha value is -3.87. The smallest absolute Gasteiger partial charge is 0.269 e. The molecule has 7 nitrogen and oxygen atoms in total. The van der Waals surface area contributed by atoms with E-state index >= 15 is 0 Å². The normalized spacial score (nSPS) is 10.8. The van der Waals surface area contributed by atoms with Gasteiger partial charge >= 0.3 is 0 Å². The van der Waals surface area contributed by atoms with Crippen molar-refractivity contribution >= 4 is 16.9 Å². The monoisotopic (exact) mass is 444 g/mol. The molecule has 4 rings (SSSR count). The third-order valence-electron chi connectivity index (χ3n) is 5.37.